The van der Waals surface area contributed by atoms with E-state index in [2.05, 4.69) is 17.0 Å². The van der Waals surface area contributed by atoms with Crippen LogP contribution in [0.2, 0.25) is 0 Å². The Kier molecular flexibility index (Phi) is 10.5. The van der Waals surface area contributed by atoms with E-state index in [9.17, 15) is 16.8 Å². The maximum Gasteiger partial charge on any atom is 0.261 e. The fourth-order valence-electron chi connectivity index (χ4n) is 4.09. The molecule has 39 heavy (non-hydrogen) atoms. The smallest absolute Gasteiger partial charge is 0.261 e. The maximum atomic E-state index is 12.5. The van der Waals surface area contributed by atoms with Crippen molar-refractivity contribution in [3.63, 3.8) is 0 Å². The third-order valence-corrected chi connectivity index (χ3v) is 7.21. The number of hydrogen-bond acceptors (Lipinski definition) is 7. The zero-order valence-electron chi connectivity index (χ0n) is 22.3. The fourth-order valence-corrected chi connectivity index (χ4v) is 5.27. The quantitative estimate of drug-likeness (QED) is 0.107. The first-order chi connectivity index (χ1) is 18.5. The molecule has 4 aromatic rings. The Labute approximate surface area is 230 Å². The van der Waals surface area contributed by atoms with Crippen LogP contribution >= 0.6 is 0 Å². The molecule has 0 unspecified atom stereocenters. The Morgan fingerprint density at radius 2 is 1.41 bits per heavy atom. The van der Waals surface area contributed by atoms with Crippen LogP contribution in [-0.4, -0.2) is 45.5 Å². The lowest BCUT2D eigenvalue weighted by atomic mass is 10.1. The lowest BCUT2D eigenvalue weighted by Gasteiger charge is -2.17. The fraction of sp³-hybridized carbons (Fsp3) is 0.321. The molecule has 0 radical (unpaired) electrons. The van der Waals surface area contributed by atoms with Gasteiger partial charge in [-0.3, -0.25) is 9.27 Å². The molecule has 0 saturated carbocycles. The van der Waals surface area contributed by atoms with Gasteiger partial charge in [-0.15, -0.1) is 0 Å². The van der Waals surface area contributed by atoms with E-state index in [4.69, 9.17) is 14.3 Å². The van der Waals surface area contributed by atoms with Crippen molar-refractivity contribution in [2.75, 3.05) is 29.2 Å². The molecule has 0 saturated heterocycles. The summed E-state index contributed by atoms with van der Waals surface area (Å²) in [6.07, 6.45) is 5.64. The van der Waals surface area contributed by atoms with E-state index < -0.39 is 20.1 Å². The summed E-state index contributed by atoms with van der Waals surface area (Å²) >= 11 is 0. The second-order valence-corrected chi connectivity index (χ2v) is 12.4. The molecule has 0 spiro atoms. The number of fused-ring (bicyclic) bond motifs is 2. The molecule has 0 aliphatic carbocycles. The number of ether oxygens (including phenoxy) is 1. The predicted molar refractivity (Wildman–Crippen MR) is 159 cm³/mol. The first-order valence-electron chi connectivity index (χ1n) is 12.7. The number of methoxy groups -OCH3 is 1. The SMILES string of the molecule is CCCCCCCS(=O)(=O)Nc1ccc(Nc2c3ccccc3nc3ccccc23)c(OC)c1.CS(=O)(=O)O. The van der Waals surface area contributed by atoms with Crippen molar-refractivity contribution >= 4 is 59.0 Å². The molecular formula is C28H35N3O6S2. The third kappa shape index (κ3) is 9.38. The number of hydrogen-bond donors (Lipinski definition) is 3. The number of benzene rings is 3. The van der Waals surface area contributed by atoms with Crippen molar-refractivity contribution in [2.24, 2.45) is 0 Å². The van der Waals surface area contributed by atoms with Crippen molar-refractivity contribution in [3.8, 4) is 5.75 Å². The van der Waals surface area contributed by atoms with E-state index in [1.165, 1.54) is 0 Å². The number of rotatable bonds is 11. The Morgan fingerprint density at radius 3 is 1.97 bits per heavy atom. The monoisotopic (exact) mass is 573 g/mol. The van der Waals surface area contributed by atoms with Crippen molar-refractivity contribution in [1.29, 1.82) is 0 Å². The molecular weight excluding hydrogens is 538 g/mol. The second kappa shape index (κ2) is 13.6. The van der Waals surface area contributed by atoms with Gasteiger partial charge in [0.1, 0.15) is 5.75 Å². The highest BCUT2D eigenvalue weighted by Gasteiger charge is 2.14. The summed E-state index contributed by atoms with van der Waals surface area (Å²) in [6.45, 7) is 2.14. The lowest BCUT2D eigenvalue weighted by Crippen LogP contribution is -2.16. The van der Waals surface area contributed by atoms with Gasteiger partial charge in [0.2, 0.25) is 10.0 Å². The molecule has 0 atom stereocenters. The number of nitrogens with zero attached hydrogens (tertiary/aromatic N) is 1. The molecule has 0 bridgehead atoms. The number of para-hydroxylation sites is 2. The Bertz CT molecular complexity index is 1560. The zero-order valence-corrected chi connectivity index (χ0v) is 24.0. The van der Waals surface area contributed by atoms with E-state index in [0.717, 1.165) is 58.9 Å². The summed E-state index contributed by atoms with van der Waals surface area (Å²) in [5, 5.41) is 5.50. The van der Waals surface area contributed by atoms with Gasteiger partial charge in [-0.2, -0.15) is 8.42 Å². The van der Waals surface area contributed by atoms with Gasteiger partial charge in [0.25, 0.3) is 10.1 Å². The molecule has 3 N–H and O–H groups in total. The number of unbranched alkanes of at least 4 members (excludes halogenated alkanes) is 4. The second-order valence-electron chi connectivity index (χ2n) is 9.13. The topological polar surface area (TPSA) is 135 Å². The van der Waals surface area contributed by atoms with Gasteiger partial charge in [-0.25, -0.2) is 13.4 Å². The summed E-state index contributed by atoms with van der Waals surface area (Å²) in [7, 11) is -5.50. The van der Waals surface area contributed by atoms with Crippen LogP contribution < -0.4 is 14.8 Å². The molecule has 11 heteroatoms. The largest absolute Gasteiger partial charge is 0.494 e. The molecule has 3 aromatic carbocycles. The van der Waals surface area contributed by atoms with Gasteiger partial charge in [-0.05, 0) is 30.7 Å². The number of sulfonamides is 1. The van der Waals surface area contributed by atoms with Gasteiger partial charge in [0, 0.05) is 16.8 Å². The van der Waals surface area contributed by atoms with Gasteiger partial charge in [-0.1, -0.05) is 69.0 Å². The third-order valence-electron chi connectivity index (χ3n) is 5.84. The number of anilines is 3. The molecule has 9 nitrogen and oxygen atoms in total. The molecule has 210 valence electrons. The Balaban J connectivity index is 0.000000771. The van der Waals surface area contributed by atoms with Crippen LogP contribution in [0, 0.1) is 0 Å². The Hall–Kier alpha value is -3.41. The van der Waals surface area contributed by atoms with Gasteiger partial charge in [0.15, 0.2) is 0 Å². The van der Waals surface area contributed by atoms with E-state index >= 15 is 0 Å². The minimum atomic E-state index is -3.67. The number of nitrogens with one attached hydrogen (secondary N) is 2. The summed E-state index contributed by atoms with van der Waals surface area (Å²) < 4.78 is 59.2. The van der Waals surface area contributed by atoms with Crippen LogP contribution in [0.5, 0.6) is 5.75 Å². The van der Waals surface area contributed by atoms with Crippen molar-refractivity contribution < 1.29 is 26.1 Å². The molecule has 0 aliphatic rings. The van der Waals surface area contributed by atoms with E-state index in [1.807, 2.05) is 54.6 Å². The maximum absolute atomic E-state index is 12.5. The molecule has 0 fully saturated rings. The lowest BCUT2D eigenvalue weighted by molar-refractivity contribution is 0.417. The summed E-state index contributed by atoms with van der Waals surface area (Å²) in [4.78, 5) is 4.77. The van der Waals surface area contributed by atoms with E-state index in [0.29, 0.717) is 24.1 Å². The van der Waals surface area contributed by atoms with Crippen molar-refractivity contribution in [1.82, 2.24) is 4.98 Å². The molecule has 0 aliphatic heterocycles. The minimum Gasteiger partial charge on any atom is -0.494 e. The summed E-state index contributed by atoms with van der Waals surface area (Å²) in [5.41, 5.74) is 3.95. The van der Waals surface area contributed by atoms with E-state index in [1.54, 1.807) is 19.2 Å². The van der Waals surface area contributed by atoms with Gasteiger partial charge < -0.3 is 10.1 Å². The number of aromatic nitrogens is 1. The minimum absolute atomic E-state index is 0.119. The first kappa shape index (κ1) is 30.1. The molecule has 1 heterocycles. The first-order valence-corrected chi connectivity index (χ1v) is 16.2. The number of pyridine rings is 1. The standard InChI is InChI=1S/C27H31N3O3S.CH4O3S/c1-3-4-5-6-11-18-34(31,32)30-20-16-17-25(26(19-20)33-2)29-27-21-12-7-9-14-23(21)28-24-15-10-8-13-22(24)27;1-5(2,3)4/h7-10,12-17,19,30H,3-6,11,18H2,1-2H3,(H,28,29);1H3,(H,2,3,4). The molecule has 4 rings (SSSR count). The van der Waals surface area contributed by atoms with Crippen molar-refractivity contribution in [2.45, 2.75) is 39.0 Å². The molecule has 1 aromatic heterocycles. The van der Waals surface area contributed by atoms with Crippen molar-refractivity contribution in [3.05, 3.63) is 66.7 Å². The molecule has 0 amide bonds. The van der Waals surface area contributed by atoms with Crippen LogP contribution in [0.1, 0.15) is 39.0 Å². The van der Waals surface area contributed by atoms with Crippen LogP contribution in [-0.2, 0) is 20.1 Å². The average molecular weight is 574 g/mol. The van der Waals surface area contributed by atoms with Crippen LogP contribution in [0.25, 0.3) is 21.8 Å². The highest BCUT2D eigenvalue weighted by Crippen LogP contribution is 2.37. The van der Waals surface area contributed by atoms with Gasteiger partial charge >= 0.3 is 0 Å². The van der Waals surface area contributed by atoms with Crippen LogP contribution in [0.15, 0.2) is 66.7 Å². The predicted octanol–water partition coefficient (Wildman–Crippen LogP) is 6.36. The normalized spacial score (nSPS) is 11.6. The van der Waals surface area contributed by atoms with E-state index in [-0.39, 0.29) is 5.75 Å². The van der Waals surface area contributed by atoms with Crippen LogP contribution in [0.3, 0.4) is 0 Å². The zero-order chi connectivity index (χ0) is 28.5. The van der Waals surface area contributed by atoms with Gasteiger partial charge in [0.05, 0.1) is 47.2 Å². The highest BCUT2D eigenvalue weighted by molar-refractivity contribution is 7.92. The Morgan fingerprint density at radius 1 is 0.846 bits per heavy atom. The summed E-state index contributed by atoms with van der Waals surface area (Å²) in [6, 6.07) is 21.3. The highest BCUT2D eigenvalue weighted by atomic mass is 32.2. The average Bonchev–Trinajstić information content (AvgIpc) is 2.88. The van der Waals surface area contributed by atoms with Crippen LogP contribution in [0.4, 0.5) is 17.1 Å². The summed E-state index contributed by atoms with van der Waals surface area (Å²) in [5.74, 6) is 0.668.